The molecule has 1 rings (SSSR count). The molecule has 6 heteroatoms. The normalized spacial score (nSPS) is 10.1. The maximum absolute atomic E-state index is 11.4. The molecule has 0 spiro atoms. The zero-order chi connectivity index (χ0) is 14.6. The van der Waals surface area contributed by atoms with Crippen molar-refractivity contribution in [3.05, 3.63) is 35.9 Å². The first-order valence-electron chi connectivity index (χ1n) is 6.25. The number of methoxy groups -OCH3 is 1. The van der Waals surface area contributed by atoms with Crippen molar-refractivity contribution < 1.29 is 23.8 Å². The number of amides is 1. The lowest BCUT2D eigenvalue weighted by Crippen LogP contribution is -2.29. The average molecular weight is 281 g/mol. The van der Waals surface area contributed by atoms with Gasteiger partial charge in [0.05, 0.1) is 13.2 Å². The molecule has 1 amide bonds. The highest BCUT2D eigenvalue weighted by atomic mass is 16.6. The molecule has 20 heavy (non-hydrogen) atoms. The van der Waals surface area contributed by atoms with Crippen molar-refractivity contribution in [2.45, 2.75) is 6.54 Å². The molecule has 0 aliphatic rings. The fourth-order valence-corrected chi connectivity index (χ4v) is 1.33. The lowest BCUT2D eigenvalue weighted by Gasteiger charge is -2.07. The van der Waals surface area contributed by atoms with E-state index in [4.69, 9.17) is 14.2 Å². The van der Waals surface area contributed by atoms with Crippen LogP contribution in [0.25, 0.3) is 0 Å². The van der Waals surface area contributed by atoms with Gasteiger partial charge in [-0.1, -0.05) is 30.3 Å². The van der Waals surface area contributed by atoms with E-state index < -0.39 is 5.97 Å². The van der Waals surface area contributed by atoms with Crippen LogP contribution in [0.4, 0.5) is 0 Å². The highest BCUT2D eigenvalue weighted by molar-refractivity contribution is 5.80. The maximum Gasteiger partial charge on any atom is 0.332 e. The standard InChI is InChI=1S/C14H19NO5/c1-18-7-8-19-11-14(17)20-10-13(16)15-9-12-5-3-2-4-6-12/h2-6H,7-11H2,1H3,(H,15,16). The highest BCUT2D eigenvalue weighted by Gasteiger charge is 2.07. The second-order valence-corrected chi connectivity index (χ2v) is 3.97. The summed E-state index contributed by atoms with van der Waals surface area (Å²) in [7, 11) is 1.54. The van der Waals surface area contributed by atoms with Gasteiger partial charge in [-0.15, -0.1) is 0 Å². The predicted molar refractivity (Wildman–Crippen MR) is 71.9 cm³/mol. The van der Waals surface area contributed by atoms with Crippen LogP contribution in [0.15, 0.2) is 30.3 Å². The number of nitrogens with one attached hydrogen (secondary N) is 1. The smallest absolute Gasteiger partial charge is 0.332 e. The Hall–Kier alpha value is -1.92. The fourth-order valence-electron chi connectivity index (χ4n) is 1.33. The number of benzene rings is 1. The van der Waals surface area contributed by atoms with Crippen molar-refractivity contribution in [3.63, 3.8) is 0 Å². The monoisotopic (exact) mass is 281 g/mol. The highest BCUT2D eigenvalue weighted by Crippen LogP contribution is 1.96. The molecule has 0 aromatic heterocycles. The summed E-state index contributed by atoms with van der Waals surface area (Å²) in [5.74, 6) is -0.921. The van der Waals surface area contributed by atoms with Gasteiger partial charge in [0.15, 0.2) is 6.61 Å². The second kappa shape index (κ2) is 9.94. The van der Waals surface area contributed by atoms with E-state index in [2.05, 4.69) is 5.32 Å². The summed E-state index contributed by atoms with van der Waals surface area (Å²) in [5.41, 5.74) is 0.982. The van der Waals surface area contributed by atoms with E-state index in [0.29, 0.717) is 19.8 Å². The van der Waals surface area contributed by atoms with Crippen LogP contribution in [0, 0.1) is 0 Å². The van der Waals surface area contributed by atoms with Crippen molar-refractivity contribution >= 4 is 11.9 Å². The van der Waals surface area contributed by atoms with E-state index in [1.807, 2.05) is 30.3 Å². The van der Waals surface area contributed by atoms with Crippen LogP contribution in [-0.2, 0) is 30.3 Å². The van der Waals surface area contributed by atoms with Crippen molar-refractivity contribution in [2.75, 3.05) is 33.5 Å². The Morgan fingerprint density at radius 3 is 2.55 bits per heavy atom. The molecule has 1 N–H and O–H groups in total. The third-order valence-corrected chi connectivity index (χ3v) is 2.35. The van der Waals surface area contributed by atoms with Gasteiger partial charge in [-0.05, 0) is 5.56 Å². The minimum atomic E-state index is -0.573. The summed E-state index contributed by atoms with van der Waals surface area (Å²) in [4.78, 5) is 22.7. The van der Waals surface area contributed by atoms with Gasteiger partial charge in [0.25, 0.3) is 5.91 Å². The van der Waals surface area contributed by atoms with Crippen LogP contribution >= 0.6 is 0 Å². The zero-order valence-corrected chi connectivity index (χ0v) is 11.5. The summed E-state index contributed by atoms with van der Waals surface area (Å²) in [6, 6.07) is 9.47. The molecule has 0 radical (unpaired) electrons. The molecule has 0 heterocycles. The van der Waals surface area contributed by atoms with Crippen molar-refractivity contribution in [3.8, 4) is 0 Å². The Balaban J connectivity index is 2.09. The van der Waals surface area contributed by atoms with Crippen molar-refractivity contribution in [2.24, 2.45) is 0 Å². The first kappa shape index (κ1) is 16.1. The Kier molecular flexibility index (Phi) is 8.02. The van der Waals surface area contributed by atoms with E-state index in [9.17, 15) is 9.59 Å². The van der Waals surface area contributed by atoms with Gasteiger partial charge in [-0.3, -0.25) is 4.79 Å². The summed E-state index contributed by atoms with van der Waals surface area (Å²) in [5, 5.41) is 2.65. The molecule has 110 valence electrons. The third-order valence-electron chi connectivity index (χ3n) is 2.35. The van der Waals surface area contributed by atoms with Gasteiger partial charge >= 0.3 is 5.97 Å². The molecule has 0 fully saturated rings. The lowest BCUT2D eigenvalue weighted by molar-refractivity contribution is -0.153. The minimum absolute atomic E-state index is 0.185. The Labute approximate surface area is 118 Å². The summed E-state index contributed by atoms with van der Waals surface area (Å²) in [6.07, 6.45) is 0. The minimum Gasteiger partial charge on any atom is -0.454 e. The SMILES string of the molecule is COCCOCC(=O)OCC(=O)NCc1ccccc1. The Morgan fingerprint density at radius 1 is 1.10 bits per heavy atom. The zero-order valence-electron chi connectivity index (χ0n) is 11.5. The molecule has 1 aromatic carbocycles. The third kappa shape index (κ3) is 7.50. The Bertz CT molecular complexity index is 407. The quantitative estimate of drug-likeness (QED) is 0.527. The number of ether oxygens (including phenoxy) is 3. The van der Waals surface area contributed by atoms with E-state index >= 15 is 0 Å². The molecule has 0 bridgehead atoms. The summed E-state index contributed by atoms with van der Waals surface area (Å²) < 4.78 is 14.5. The average Bonchev–Trinajstić information content (AvgIpc) is 2.48. The number of hydrogen-bond acceptors (Lipinski definition) is 5. The largest absolute Gasteiger partial charge is 0.454 e. The molecule has 0 saturated heterocycles. The lowest BCUT2D eigenvalue weighted by atomic mass is 10.2. The van der Waals surface area contributed by atoms with Gasteiger partial charge in [-0.2, -0.15) is 0 Å². The second-order valence-electron chi connectivity index (χ2n) is 3.97. The summed E-state index contributed by atoms with van der Waals surface area (Å²) in [6.45, 7) is 0.632. The summed E-state index contributed by atoms with van der Waals surface area (Å²) >= 11 is 0. The maximum atomic E-state index is 11.4. The van der Waals surface area contributed by atoms with Gasteiger partial charge in [0, 0.05) is 13.7 Å². The van der Waals surface area contributed by atoms with Crippen molar-refractivity contribution in [1.82, 2.24) is 5.32 Å². The van der Waals surface area contributed by atoms with Gasteiger partial charge in [0.2, 0.25) is 0 Å². The van der Waals surface area contributed by atoms with Crippen LogP contribution in [0.2, 0.25) is 0 Å². The van der Waals surface area contributed by atoms with Gasteiger partial charge in [0.1, 0.15) is 6.61 Å². The topological polar surface area (TPSA) is 73.9 Å². The van der Waals surface area contributed by atoms with E-state index in [-0.39, 0.29) is 19.1 Å². The molecule has 1 aromatic rings. The molecule has 0 unspecified atom stereocenters. The van der Waals surface area contributed by atoms with E-state index in [1.165, 1.54) is 0 Å². The fraction of sp³-hybridized carbons (Fsp3) is 0.429. The molecule has 6 nitrogen and oxygen atoms in total. The van der Waals surface area contributed by atoms with E-state index in [0.717, 1.165) is 5.56 Å². The first-order chi connectivity index (χ1) is 9.72. The van der Waals surface area contributed by atoms with Crippen LogP contribution in [0.3, 0.4) is 0 Å². The van der Waals surface area contributed by atoms with Crippen LogP contribution in [0.1, 0.15) is 5.56 Å². The molecular weight excluding hydrogens is 262 g/mol. The Morgan fingerprint density at radius 2 is 1.85 bits per heavy atom. The number of hydrogen-bond donors (Lipinski definition) is 1. The number of esters is 1. The molecule has 0 aliphatic heterocycles. The van der Waals surface area contributed by atoms with Crippen LogP contribution in [-0.4, -0.2) is 45.4 Å². The molecular formula is C14H19NO5. The van der Waals surface area contributed by atoms with Gasteiger partial charge in [-0.25, -0.2) is 4.79 Å². The first-order valence-corrected chi connectivity index (χ1v) is 6.25. The number of carbonyl (C=O) groups excluding carboxylic acids is 2. The molecule has 0 aliphatic carbocycles. The van der Waals surface area contributed by atoms with Crippen molar-refractivity contribution in [1.29, 1.82) is 0 Å². The molecule has 0 atom stereocenters. The molecule has 0 saturated carbocycles. The number of carbonyl (C=O) groups is 2. The predicted octanol–water partition coefficient (Wildman–Crippen LogP) is 0.509. The van der Waals surface area contributed by atoms with Gasteiger partial charge < -0.3 is 19.5 Å². The van der Waals surface area contributed by atoms with E-state index in [1.54, 1.807) is 7.11 Å². The van der Waals surface area contributed by atoms with Crippen LogP contribution in [0.5, 0.6) is 0 Å². The van der Waals surface area contributed by atoms with Crippen LogP contribution < -0.4 is 5.32 Å². The number of rotatable bonds is 9.